The van der Waals surface area contributed by atoms with Gasteiger partial charge in [-0.15, -0.1) is 0 Å². The second kappa shape index (κ2) is 6.51. The summed E-state index contributed by atoms with van der Waals surface area (Å²) in [5.41, 5.74) is 0.610. The van der Waals surface area contributed by atoms with Crippen molar-refractivity contribution in [2.24, 2.45) is 0 Å². The third-order valence-corrected chi connectivity index (χ3v) is 3.74. The van der Waals surface area contributed by atoms with Crippen molar-refractivity contribution < 1.29 is 18.3 Å². The quantitative estimate of drug-likeness (QED) is 0.757. The zero-order valence-electron chi connectivity index (χ0n) is 10.1. The SMILES string of the molecule is CCC[C@@H](NS(=O)(=O)Cc1ccccc1)C(=O)[O-]. The molecule has 0 amide bonds. The Bertz CT molecular complexity index is 484. The molecule has 0 aromatic heterocycles. The van der Waals surface area contributed by atoms with Gasteiger partial charge in [0.05, 0.1) is 17.8 Å². The van der Waals surface area contributed by atoms with Gasteiger partial charge in [-0.1, -0.05) is 43.7 Å². The lowest BCUT2D eigenvalue weighted by atomic mass is 10.2. The number of rotatable bonds is 7. The van der Waals surface area contributed by atoms with Crippen LogP contribution in [0.15, 0.2) is 30.3 Å². The van der Waals surface area contributed by atoms with E-state index in [2.05, 4.69) is 4.72 Å². The summed E-state index contributed by atoms with van der Waals surface area (Å²) in [5.74, 6) is -1.63. The van der Waals surface area contributed by atoms with Gasteiger partial charge >= 0.3 is 0 Å². The van der Waals surface area contributed by atoms with Crippen LogP contribution in [0.5, 0.6) is 0 Å². The summed E-state index contributed by atoms with van der Waals surface area (Å²) in [6, 6.07) is 7.43. The zero-order chi connectivity index (χ0) is 13.6. The summed E-state index contributed by atoms with van der Waals surface area (Å²) in [4.78, 5) is 10.8. The molecule has 0 heterocycles. The van der Waals surface area contributed by atoms with Gasteiger partial charge in [-0.25, -0.2) is 13.1 Å². The minimum absolute atomic E-state index is 0.219. The van der Waals surface area contributed by atoms with Gasteiger partial charge in [0.15, 0.2) is 0 Å². The van der Waals surface area contributed by atoms with E-state index in [1.54, 1.807) is 37.3 Å². The zero-order valence-corrected chi connectivity index (χ0v) is 10.9. The fourth-order valence-corrected chi connectivity index (χ4v) is 2.93. The number of sulfonamides is 1. The average molecular weight is 270 g/mol. The summed E-state index contributed by atoms with van der Waals surface area (Å²) in [6.07, 6.45) is 0.781. The number of hydrogen-bond acceptors (Lipinski definition) is 4. The van der Waals surface area contributed by atoms with Crippen LogP contribution in [0.1, 0.15) is 25.3 Å². The van der Waals surface area contributed by atoms with Crippen molar-refractivity contribution in [3.63, 3.8) is 0 Å². The summed E-state index contributed by atoms with van der Waals surface area (Å²) in [7, 11) is -3.67. The minimum Gasteiger partial charge on any atom is -0.548 e. The van der Waals surface area contributed by atoms with Gasteiger partial charge in [0, 0.05) is 0 Å². The van der Waals surface area contributed by atoms with Crippen LogP contribution in [0.25, 0.3) is 0 Å². The number of carboxylic acids is 1. The molecular formula is C12H16NO4S-. The first-order valence-electron chi connectivity index (χ1n) is 5.69. The van der Waals surface area contributed by atoms with Gasteiger partial charge in [0.1, 0.15) is 0 Å². The predicted octanol–water partition coefficient (Wildman–Crippen LogP) is 0.0246. The lowest BCUT2D eigenvalue weighted by Gasteiger charge is -2.18. The van der Waals surface area contributed by atoms with Gasteiger partial charge in [-0.2, -0.15) is 0 Å². The van der Waals surface area contributed by atoms with Gasteiger partial charge in [-0.3, -0.25) is 0 Å². The minimum atomic E-state index is -3.67. The molecule has 1 rings (SSSR count). The molecule has 1 aromatic carbocycles. The van der Waals surface area contributed by atoms with Crippen LogP contribution in [0, 0.1) is 0 Å². The van der Waals surface area contributed by atoms with Crippen LogP contribution in [0.4, 0.5) is 0 Å². The van der Waals surface area contributed by atoms with Gasteiger partial charge in [0.2, 0.25) is 10.0 Å². The largest absolute Gasteiger partial charge is 0.548 e. The summed E-state index contributed by atoms with van der Waals surface area (Å²) in [5, 5.41) is 10.8. The number of carbonyl (C=O) groups is 1. The van der Waals surface area contributed by atoms with E-state index in [1.807, 2.05) is 0 Å². The van der Waals surface area contributed by atoms with Crippen LogP contribution >= 0.6 is 0 Å². The van der Waals surface area contributed by atoms with Crippen molar-refractivity contribution in [1.82, 2.24) is 4.72 Å². The molecular weight excluding hydrogens is 254 g/mol. The Morgan fingerprint density at radius 2 is 1.94 bits per heavy atom. The number of carboxylic acid groups (broad SMARTS) is 1. The van der Waals surface area contributed by atoms with Gasteiger partial charge in [-0.05, 0) is 12.0 Å². The average Bonchev–Trinajstić information content (AvgIpc) is 2.28. The molecule has 0 aliphatic carbocycles. The number of hydrogen-bond donors (Lipinski definition) is 1. The monoisotopic (exact) mass is 270 g/mol. The Balaban J connectivity index is 2.72. The molecule has 0 unspecified atom stereocenters. The number of benzene rings is 1. The molecule has 100 valence electrons. The van der Waals surface area contributed by atoms with Gasteiger partial charge < -0.3 is 9.90 Å². The molecule has 0 saturated carbocycles. The molecule has 1 N–H and O–H groups in total. The maximum atomic E-state index is 11.8. The number of aliphatic carboxylic acids is 1. The van der Waals surface area contributed by atoms with Crippen LogP contribution in [-0.2, 0) is 20.6 Å². The summed E-state index contributed by atoms with van der Waals surface area (Å²) >= 11 is 0. The van der Waals surface area contributed by atoms with E-state index in [0.29, 0.717) is 12.0 Å². The van der Waals surface area contributed by atoms with E-state index < -0.39 is 22.0 Å². The van der Waals surface area contributed by atoms with Crippen molar-refractivity contribution in [2.75, 3.05) is 0 Å². The first-order valence-corrected chi connectivity index (χ1v) is 7.34. The Morgan fingerprint density at radius 1 is 1.33 bits per heavy atom. The fourth-order valence-electron chi connectivity index (χ4n) is 1.57. The molecule has 0 fully saturated rings. The van der Waals surface area contributed by atoms with E-state index in [-0.39, 0.29) is 12.2 Å². The van der Waals surface area contributed by atoms with Crippen LogP contribution in [0.2, 0.25) is 0 Å². The highest BCUT2D eigenvalue weighted by atomic mass is 32.2. The molecule has 5 nitrogen and oxygen atoms in total. The lowest BCUT2D eigenvalue weighted by molar-refractivity contribution is -0.308. The van der Waals surface area contributed by atoms with Crippen LogP contribution < -0.4 is 9.83 Å². The number of nitrogens with one attached hydrogen (secondary N) is 1. The molecule has 1 aromatic rings. The molecule has 0 spiro atoms. The van der Waals surface area contributed by atoms with Gasteiger partial charge in [0.25, 0.3) is 0 Å². The van der Waals surface area contributed by atoms with Crippen molar-refractivity contribution in [3.05, 3.63) is 35.9 Å². The maximum absolute atomic E-state index is 11.8. The van der Waals surface area contributed by atoms with E-state index in [0.717, 1.165) is 0 Å². The van der Waals surface area contributed by atoms with E-state index in [9.17, 15) is 18.3 Å². The highest BCUT2D eigenvalue weighted by Gasteiger charge is 2.18. The molecule has 0 saturated heterocycles. The molecule has 0 aliphatic rings. The topological polar surface area (TPSA) is 86.3 Å². The first-order chi connectivity index (χ1) is 8.44. The van der Waals surface area contributed by atoms with Crippen molar-refractivity contribution >= 4 is 16.0 Å². The van der Waals surface area contributed by atoms with Crippen molar-refractivity contribution in [2.45, 2.75) is 31.6 Å². The van der Waals surface area contributed by atoms with Crippen molar-refractivity contribution in [3.8, 4) is 0 Å². The Labute approximate surface area is 107 Å². The summed E-state index contributed by atoms with van der Waals surface area (Å²) < 4.78 is 25.7. The first kappa shape index (κ1) is 14.7. The molecule has 0 radical (unpaired) electrons. The van der Waals surface area contributed by atoms with Crippen molar-refractivity contribution in [1.29, 1.82) is 0 Å². The Kier molecular flexibility index (Phi) is 5.30. The molecule has 1 atom stereocenters. The third-order valence-electron chi connectivity index (χ3n) is 2.38. The Hall–Kier alpha value is -1.40. The van der Waals surface area contributed by atoms with E-state index in [4.69, 9.17) is 0 Å². The predicted molar refractivity (Wildman–Crippen MR) is 65.9 cm³/mol. The highest BCUT2D eigenvalue weighted by Crippen LogP contribution is 2.06. The molecule has 18 heavy (non-hydrogen) atoms. The standard InChI is InChI=1S/C12H17NO4S/c1-2-6-11(12(14)15)13-18(16,17)9-10-7-4-3-5-8-10/h3-5,7-8,11,13H,2,6,9H2,1H3,(H,14,15)/p-1/t11-/m1/s1. The number of carbonyl (C=O) groups excluding carboxylic acids is 1. The van der Waals surface area contributed by atoms with E-state index in [1.165, 1.54) is 0 Å². The van der Waals surface area contributed by atoms with Crippen LogP contribution in [0.3, 0.4) is 0 Å². The maximum Gasteiger partial charge on any atom is 0.216 e. The highest BCUT2D eigenvalue weighted by molar-refractivity contribution is 7.88. The van der Waals surface area contributed by atoms with E-state index >= 15 is 0 Å². The molecule has 0 bridgehead atoms. The third kappa shape index (κ3) is 4.85. The second-order valence-corrected chi connectivity index (χ2v) is 5.78. The smallest absolute Gasteiger partial charge is 0.216 e. The fraction of sp³-hybridized carbons (Fsp3) is 0.417. The Morgan fingerprint density at radius 3 is 2.44 bits per heavy atom. The lowest BCUT2D eigenvalue weighted by Crippen LogP contribution is -2.48. The normalized spacial score (nSPS) is 13.2. The molecule has 0 aliphatic heterocycles. The second-order valence-electron chi connectivity index (χ2n) is 4.02. The molecule has 6 heteroatoms. The summed E-state index contributed by atoms with van der Waals surface area (Å²) in [6.45, 7) is 1.78. The van der Waals surface area contributed by atoms with Crippen LogP contribution in [-0.4, -0.2) is 20.4 Å².